The number of nitrogens with zero attached hydrogens (tertiary/aromatic N) is 2. The molecular formula is C23H19Cl2F4N3O4. The Morgan fingerprint density at radius 1 is 1.25 bits per heavy atom. The molecule has 192 valence electrons. The SMILES string of the molecule is CCN1OC[C@@H](NC(=O)c2ccc(C3=NO[C@](c4cc(Cl)c(F)c(Cl)c4)(C(F)(F)F)C3)cc2C)C1=O. The molecule has 0 spiro atoms. The number of likely N-dealkylation sites (N-methyl/N-ethyl adjacent to an activating group) is 1. The minimum atomic E-state index is -4.94. The molecule has 0 saturated carbocycles. The van der Waals surface area contributed by atoms with Crippen molar-refractivity contribution in [2.75, 3.05) is 13.2 Å². The molecule has 4 rings (SSSR count). The first-order valence-electron chi connectivity index (χ1n) is 10.7. The highest BCUT2D eigenvalue weighted by Gasteiger charge is 2.62. The van der Waals surface area contributed by atoms with Crippen LogP contribution in [0, 0.1) is 12.7 Å². The molecule has 2 aliphatic heterocycles. The Morgan fingerprint density at radius 3 is 2.47 bits per heavy atom. The van der Waals surface area contributed by atoms with Gasteiger partial charge in [-0.05, 0) is 49.2 Å². The molecule has 7 nitrogen and oxygen atoms in total. The first-order chi connectivity index (χ1) is 16.9. The third kappa shape index (κ3) is 4.51. The second-order valence-corrected chi connectivity index (χ2v) is 9.08. The Bertz CT molecular complexity index is 1250. The van der Waals surface area contributed by atoms with E-state index in [-0.39, 0.29) is 29.4 Å². The van der Waals surface area contributed by atoms with Crippen molar-refractivity contribution < 1.29 is 36.8 Å². The molecule has 2 atom stereocenters. The average molecular weight is 548 g/mol. The molecule has 36 heavy (non-hydrogen) atoms. The summed E-state index contributed by atoms with van der Waals surface area (Å²) in [5.41, 5.74) is -2.53. The predicted octanol–water partition coefficient (Wildman–Crippen LogP) is 4.92. The van der Waals surface area contributed by atoms with Crippen LogP contribution >= 0.6 is 23.2 Å². The first kappa shape index (κ1) is 26.2. The van der Waals surface area contributed by atoms with Gasteiger partial charge in [-0.2, -0.15) is 13.2 Å². The van der Waals surface area contributed by atoms with E-state index in [1.807, 2.05) is 0 Å². The third-order valence-electron chi connectivity index (χ3n) is 5.97. The number of hydroxylamine groups is 2. The molecule has 1 N–H and O–H groups in total. The first-order valence-corrected chi connectivity index (χ1v) is 11.5. The van der Waals surface area contributed by atoms with Gasteiger partial charge < -0.3 is 10.2 Å². The maximum atomic E-state index is 14.2. The standard InChI is InChI=1S/C23H19Cl2F4N3O4/c1-3-32-21(34)18(10-35-32)30-20(33)14-5-4-12(6-11(14)2)17-9-22(36-31-17,23(27,28)29)13-7-15(24)19(26)16(25)8-13/h4-8,18H,3,9-10H2,1-2H3,(H,30,33)/t18-,22-/m1/s1. The van der Waals surface area contributed by atoms with Crippen molar-refractivity contribution >= 4 is 40.7 Å². The lowest BCUT2D eigenvalue weighted by atomic mass is 9.86. The number of hydrogen-bond donors (Lipinski definition) is 1. The summed E-state index contributed by atoms with van der Waals surface area (Å²) in [6, 6.07) is 5.10. The van der Waals surface area contributed by atoms with Crippen molar-refractivity contribution in [2.45, 2.75) is 38.1 Å². The van der Waals surface area contributed by atoms with Gasteiger partial charge in [0.25, 0.3) is 17.4 Å². The second-order valence-electron chi connectivity index (χ2n) is 8.27. The number of benzene rings is 2. The van der Waals surface area contributed by atoms with Crippen LogP contribution < -0.4 is 5.32 Å². The van der Waals surface area contributed by atoms with E-state index in [1.165, 1.54) is 18.2 Å². The van der Waals surface area contributed by atoms with Gasteiger partial charge in [-0.1, -0.05) is 34.4 Å². The number of rotatable bonds is 5. The summed E-state index contributed by atoms with van der Waals surface area (Å²) in [6.45, 7) is 3.66. The van der Waals surface area contributed by atoms with Crippen LogP contribution in [-0.4, -0.2) is 48.0 Å². The van der Waals surface area contributed by atoms with Crippen LogP contribution in [0.15, 0.2) is 35.5 Å². The molecule has 2 aromatic carbocycles. The summed E-state index contributed by atoms with van der Waals surface area (Å²) < 4.78 is 56.4. The highest BCUT2D eigenvalue weighted by atomic mass is 35.5. The molecule has 2 heterocycles. The Balaban J connectivity index is 1.57. The van der Waals surface area contributed by atoms with Crippen LogP contribution in [0.25, 0.3) is 0 Å². The molecule has 1 fully saturated rings. The smallest absolute Gasteiger partial charge is 0.374 e. The molecule has 1 saturated heterocycles. The summed E-state index contributed by atoms with van der Waals surface area (Å²) in [5.74, 6) is -1.96. The number of hydrogen-bond acceptors (Lipinski definition) is 5. The normalized spacial score (nSPS) is 22.0. The molecule has 13 heteroatoms. The molecule has 0 unspecified atom stereocenters. The van der Waals surface area contributed by atoms with Crippen LogP contribution in [-0.2, 0) is 20.1 Å². The Hall–Kier alpha value is -2.89. The molecule has 2 amide bonds. The predicted molar refractivity (Wildman–Crippen MR) is 122 cm³/mol. The number of alkyl halides is 3. The molecule has 0 aliphatic carbocycles. The molecule has 2 aliphatic rings. The van der Waals surface area contributed by atoms with Crippen LogP contribution in [0.1, 0.15) is 40.4 Å². The summed E-state index contributed by atoms with van der Waals surface area (Å²) in [6.07, 6.45) is -5.68. The number of amides is 2. The van der Waals surface area contributed by atoms with Gasteiger partial charge in [-0.15, -0.1) is 0 Å². The average Bonchev–Trinajstić information content (AvgIpc) is 3.42. The van der Waals surface area contributed by atoms with Gasteiger partial charge >= 0.3 is 6.18 Å². The fraction of sp³-hybridized carbons (Fsp3) is 0.348. The third-order valence-corrected chi connectivity index (χ3v) is 6.52. The van der Waals surface area contributed by atoms with Gasteiger partial charge in [0, 0.05) is 24.1 Å². The number of aryl methyl sites for hydroxylation is 1. The van der Waals surface area contributed by atoms with Gasteiger partial charge in [0.15, 0.2) is 5.82 Å². The van der Waals surface area contributed by atoms with E-state index in [0.717, 1.165) is 17.2 Å². The van der Waals surface area contributed by atoms with Crippen LogP contribution in [0.4, 0.5) is 17.6 Å². The van der Waals surface area contributed by atoms with Gasteiger partial charge in [-0.3, -0.25) is 14.4 Å². The highest BCUT2D eigenvalue weighted by Crippen LogP contribution is 2.50. The molecule has 2 aromatic rings. The van der Waals surface area contributed by atoms with Crippen LogP contribution in [0.3, 0.4) is 0 Å². The van der Waals surface area contributed by atoms with Crippen molar-refractivity contribution in [1.29, 1.82) is 0 Å². The number of oxime groups is 1. The summed E-state index contributed by atoms with van der Waals surface area (Å²) in [4.78, 5) is 35.0. The fourth-order valence-electron chi connectivity index (χ4n) is 4.00. The highest BCUT2D eigenvalue weighted by molar-refractivity contribution is 6.35. The number of carbonyl (C=O) groups is 2. The monoisotopic (exact) mass is 547 g/mol. The topological polar surface area (TPSA) is 80.2 Å². The Kier molecular flexibility index (Phi) is 6.93. The second kappa shape index (κ2) is 9.53. The van der Waals surface area contributed by atoms with Crippen LogP contribution in [0.2, 0.25) is 10.0 Å². The molecule has 0 aromatic heterocycles. The number of carbonyl (C=O) groups excluding carboxylic acids is 2. The maximum Gasteiger partial charge on any atom is 0.435 e. The van der Waals surface area contributed by atoms with Crippen molar-refractivity contribution in [1.82, 2.24) is 10.4 Å². The summed E-state index contributed by atoms with van der Waals surface area (Å²) in [5, 5.41) is 6.23. The van der Waals surface area contributed by atoms with E-state index in [9.17, 15) is 27.2 Å². The number of nitrogens with one attached hydrogen (secondary N) is 1. The van der Waals surface area contributed by atoms with Gasteiger partial charge in [0.05, 0.1) is 15.8 Å². The molecule has 0 radical (unpaired) electrons. The Morgan fingerprint density at radius 2 is 1.92 bits per heavy atom. The van der Waals surface area contributed by atoms with E-state index < -0.39 is 51.6 Å². The zero-order valence-corrected chi connectivity index (χ0v) is 20.4. The minimum Gasteiger partial charge on any atom is -0.374 e. The van der Waals surface area contributed by atoms with Crippen molar-refractivity contribution in [2.24, 2.45) is 5.16 Å². The van der Waals surface area contributed by atoms with Gasteiger partial charge in [0.1, 0.15) is 12.6 Å². The van der Waals surface area contributed by atoms with Crippen molar-refractivity contribution in [3.8, 4) is 0 Å². The van der Waals surface area contributed by atoms with Gasteiger partial charge in [-0.25, -0.2) is 9.45 Å². The summed E-state index contributed by atoms with van der Waals surface area (Å²) in [7, 11) is 0. The van der Waals surface area contributed by atoms with E-state index >= 15 is 0 Å². The lowest BCUT2D eigenvalue weighted by Gasteiger charge is -2.29. The van der Waals surface area contributed by atoms with E-state index in [2.05, 4.69) is 10.5 Å². The van der Waals surface area contributed by atoms with Crippen molar-refractivity contribution in [3.63, 3.8) is 0 Å². The molecule has 0 bridgehead atoms. The zero-order chi connectivity index (χ0) is 26.4. The minimum absolute atomic E-state index is 0.000628. The largest absolute Gasteiger partial charge is 0.435 e. The molecular weight excluding hydrogens is 529 g/mol. The van der Waals surface area contributed by atoms with E-state index in [0.29, 0.717) is 12.1 Å². The summed E-state index contributed by atoms with van der Waals surface area (Å²) >= 11 is 11.5. The van der Waals surface area contributed by atoms with Crippen LogP contribution in [0.5, 0.6) is 0 Å². The Labute approximate surface area is 212 Å². The fourth-order valence-corrected chi connectivity index (χ4v) is 4.49. The lowest BCUT2D eigenvalue weighted by Crippen LogP contribution is -2.43. The maximum absolute atomic E-state index is 14.2. The van der Waals surface area contributed by atoms with E-state index in [1.54, 1.807) is 13.8 Å². The number of halogens is 6. The van der Waals surface area contributed by atoms with E-state index in [4.69, 9.17) is 32.9 Å². The van der Waals surface area contributed by atoms with Gasteiger partial charge in [0.2, 0.25) is 0 Å². The van der Waals surface area contributed by atoms with Crippen molar-refractivity contribution in [3.05, 3.63) is 68.4 Å². The zero-order valence-electron chi connectivity index (χ0n) is 18.9. The lowest BCUT2D eigenvalue weighted by molar-refractivity contribution is -0.275. The quantitative estimate of drug-likeness (QED) is 0.426.